The normalized spacial score (nSPS) is 15.7. The van der Waals surface area contributed by atoms with Crippen molar-refractivity contribution in [2.24, 2.45) is 0 Å². The van der Waals surface area contributed by atoms with Gasteiger partial charge in [0.05, 0.1) is 5.69 Å². The van der Waals surface area contributed by atoms with Crippen LogP contribution in [-0.4, -0.2) is 22.2 Å². The Balaban J connectivity index is 2.61. The van der Waals surface area contributed by atoms with E-state index in [-0.39, 0.29) is 17.6 Å². The molecule has 18 heavy (non-hydrogen) atoms. The maximum atomic E-state index is 9.09. The molecule has 0 saturated heterocycles. The second-order valence-electron chi connectivity index (χ2n) is 6.12. The Bertz CT molecular complexity index is 370. The Morgan fingerprint density at radius 3 is 2.44 bits per heavy atom. The second kappa shape index (κ2) is 6.13. The average molecular weight is 270 g/mol. The van der Waals surface area contributed by atoms with E-state index in [4.69, 9.17) is 5.11 Å². The lowest BCUT2D eigenvalue weighted by Gasteiger charge is -2.28. The van der Waals surface area contributed by atoms with Gasteiger partial charge in [0, 0.05) is 29.5 Å². The van der Waals surface area contributed by atoms with E-state index >= 15 is 0 Å². The summed E-state index contributed by atoms with van der Waals surface area (Å²) in [6.45, 7) is 11.9. The molecule has 104 valence electrons. The van der Waals surface area contributed by atoms with Gasteiger partial charge in [0.1, 0.15) is 5.01 Å². The number of nitrogens with zero attached hydrogens (tertiary/aromatic N) is 1. The minimum Gasteiger partial charge on any atom is -0.396 e. The third kappa shape index (κ3) is 4.34. The molecule has 0 radical (unpaired) electrons. The van der Waals surface area contributed by atoms with E-state index in [0.29, 0.717) is 0 Å². The van der Waals surface area contributed by atoms with Crippen molar-refractivity contribution in [2.75, 3.05) is 6.61 Å². The van der Waals surface area contributed by atoms with E-state index in [1.54, 1.807) is 11.3 Å². The van der Waals surface area contributed by atoms with Crippen LogP contribution in [0.25, 0.3) is 0 Å². The molecule has 4 heteroatoms. The number of hydrogen-bond acceptors (Lipinski definition) is 4. The van der Waals surface area contributed by atoms with Gasteiger partial charge in [-0.2, -0.15) is 0 Å². The predicted octanol–water partition coefficient (Wildman–Crippen LogP) is 3.08. The molecule has 3 nitrogen and oxygen atoms in total. The first-order chi connectivity index (χ1) is 8.30. The number of rotatable bonds is 6. The predicted molar refractivity (Wildman–Crippen MR) is 78.1 cm³/mol. The van der Waals surface area contributed by atoms with Gasteiger partial charge in [0.15, 0.2) is 0 Å². The molecule has 1 aromatic rings. The Labute approximate surface area is 115 Å². The maximum Gasteiger partial charge on any atom is 0.107 e. The summed E-state index contributed by atoms with van der Waals surface area (Å²) >= 11 is 1.71. The summed E-state index contributed by atoms with van der Waals surface area (Å²) in [5, 5.41) is 15.9. The number of hydrogen-bond donors (Lipinski definition) is 2. The van der Waals surface area contributed by atoms with Gasteiger partial charge in [-0.1, -0.05) is 27.7 Å². The fourth-order valence-electron chi connectivity index (χ4n) is 1.66. The first-order valence-electron chi connectivity index (χ1n) is 6.61. The monoisotopic (exact) mass is 270 g/mol. The largest absolute Gasteiger partial charge is 0.396 e. The molecule has 1 unspecified atom stereocenters. The van der Waals surface area contributed by atoms with E-state index in [2.05, 4.69) is 50.3 Å². The third-order valence-electron chi connectivity index (χ3n) is 3.43. The molecule has 0 aliphatic rings. The molecular formula is C14H26N2OS. The standard InChI is InChI=1S/C14H26N2OS/c1-6-14(5,7-8-17)15-9-12-16-11(10-18-12)13(2,3)4/h10,15,17H,6-9H2,1-5H3. The topological polar surface area (TPSA) is 45.1 Å². The van der Waals surface area contributed by atoms with Crippen LogP contribution in [0.3, 0.4) is 0 Å². The van der Waals surface area contributed by atoms with E-state index in [9.17, 15) is 0 Å². The van der Waals surface area contributed by atoms with Crippen molar-refractivity contribution >= 4 is 11.3 Å². The summed E-state index contributed by atoms with van der Waals surface area (Å²) in [7, 11) is 0. The van der Waals surface area contributed by atoms with Crippen LogP contribution in [0.15, 0.2) is 5.38 Å². The molecule has 0 amide bonds. The highest BCUT2D eigenvalue weighted by molar-refractivity contribution is 7.09. The van der Waals surface area contributed by atoms with E-state index in [1.807, 2.05) is 0 Å². The number of aliphatic hydroxyl groups is 1. The number of aliphatic hydroxyl groups excluding tert-OH is 1. The van der Waals surface area contributed by atoms with Gasteiger partial charge in [-0.3, -0.25) is 0 Å². The third-order valence-corrected chi connectivity index (χ3v) is 4.28. The molecular weight excluding hydrogens is 244 g/mol. The van der Waals surface area contributed by atoms with Crippen LogP contribution in [0, 0.1) is 0 Å². The van der Waals surface area contributed by atoms with E-state index < -0.39 is 0 Å². The molecule has 1 aromatic heterocycles. The smallest absolute Gasteiger partial charge is 0.107 e. The lowest BCUT2D eigenvalue weighted by Crippen LogP contribution is -2.42. The number of thiazole rings is 1. The maximum absolute atomic E-state index is 9.09. The van der Waals surface area contributed by atoms with Crippen molar-refractivity contribution in [1.82, 2.24) is 10.3 Å². The zero-order valence-electron chi connectivity index (χ0n) is 12.2. The molecule has 1 heterocycles. The van der Waals surface area contributed by atoms with Crippen LogP contribution in [0.2, 0.25) is 0 Å². The molecule has 2 N–H and O–H groups in total. The van der Waals surface area contributed by atoms with Crippen LogP contribution < -0.4 is 5.32 Å². The van der Waals surface area contributed by atoms with Crippen LogP contribution in [0.1, 0.15) is 58.2 Å². The van der Waals surface area contributed by atoms with Crippen molar-refractivity contribution < 1.29 is 5.11 Å². The van der Waals surface area contributed by atoms with Crippen LogP contribution in [-0.2, 0) is 12.0 Å². The Kier molecular flexibility index (Phi) is 5.32. The molecule has 0 bridgehead atoms. The molecule has 1 atom stereocenters. The summed E-state index contributed by atoms with van der Waals surface area (Å²) in [4.78, 5) is 4.67. The van der Waals surface area contributed by atoms with Gasteiger partial charge in [0.25, 0.3) is 0 Å². The quantitative estimate of drug-likeness (QED) is 0.835. The lowest BCUT2D eigenvalue weighted by molar-refractivity contribution is 0.214. The minimum atomic E-state index is 0.00230. The van der Waals surface area contributed by atoms with Gasteiger partial charge in [-0.15, -0.1) is 11.3 Å². The van der Waals surface area contributed by atoms with Crippen molar-refractivity contribution in [1.29, 1.82) is 0 Å². The summed E-state index contributed by atoms with van der Waals surface area (Å²) < 4.78 is 0. The number of aromatic nitrogens is 1. The second-order valence-corrected chi connectivity index (χ2v) is 7.06. The van der Waals surface area contributed by atoms with Crippen molar-refractivity contribution in [3.8, 4) is 0 Å². The minimum absolute atomic E-state index is 0.00230. The van der Waals surface area contributed by atoms with Gasteiger partial charge in [-0.05, 0) is 19.8 Å². The van der Waals surface area contributed by atoms with Crippen LogP contribution in [0.4, 0.5) is 0 Å². The van der Waals surface area contributed by atoms with Gasteiger partial charge < -0.3 is 10.4 Å². The van der Waals surface area contributed by atoms with E-state index in [1.165, 1.54) is 0 Å². The lowest BCUT2D eigenvalue weighted by atomic mass is 9.93. The highest BCUT2D eigenvalue weighted by Gasteiger charge is 2.22. The van der Waals surface area contributed by atoms with Crippen molar-refractivity contribution in [2.45, 2.75) is 65.0 Å². The first-order valence-corrected chi connectivity index (χ1v) is 7.49. The molecule has 0 aliphatic carbocycles. The average Bonchev–Trinajstić information content (AvgIpc) is 2.75. The fraction of sp³-hybridized carbons (Fsp3) is 0.786. The summed E-state index contributed by atoms with van der Waals surface area (Å²) in [5.74, 6) is 0. The van der Waals surface area contributed by atoms with Gasteiger partial charge in [0.2, 0.25) is 0 Å². The first kappa shape index (κ1) is 15.6. The van der Waals surface area contributed by atoms with Gasteiger partial charge in [-0.25, -0.2) is 4.98 Å². The van der Waals surface area contributed by atoms with Crippen LogP contribution in [0.5, 0.6) is 0 Å². The Morgan fingerprint density at radius 2 is 2.00 bits per heavy atom. The Hall–Kier alpha value is -0.450. The molecule has 0 aromatic carbocycles. The summed E-state index contributed by atoms with van der Waals surface area (Å²) in [6, 6.07) is 0. The molecule has 0 spiro atoms. The molecule has 1 rings (SSSR count). The van der Waals surface area contributed by atoms with Gasteiger partial charge >= 0.3 is 0 Å². The molecule has 0 saturated carbocycles. The SMILES string of the molecule is CCC(C)(CCO)NCc1nc(C(C)(C)C)cs1. The van der Waals surface area contributed by atoms with Crippen molar-refractivity contribution in [3.05, 3.63) is 16.1 Å². The highest BCUT2D eigenvalue weighted by Crippen LogP contribution is 2.24. The number of nitrogens with one attached hydrogen (secondary N) is 1. The van der Waals surface area contributed by atoms with Crippen LogP contribution >= 0.6 is 11.3 Å². The summed E-state index contributed by atoms with van der Waals surface area (Å²) in [6.07, 6.45) is 1.78. The Morgan fingerprint density at radius 1 is 1.33 bits per heavy atom. The zero-order chi connectivity index (χ0) is 13.8. The highest BCUT2D eigenvalue weighted by atomic mass is 32.1. The van der Waals surface area contributed by atoms with Crippen molar-refractivity contribution in [3.63, 3.8) is 0 Å². The molecule has 0 fully saturated rings. The molecule has 0 aliphatic heterocycles. The fourth-order valence-corrected chi connectivity index (χ4v) is 2.62. The zero-order valence-corrected chi connectivity index (χ0v) is 13.0. The van der Waals surface area contributed by atoms with E-state index in [0.717, 1.165) is 30.1 Å². The summed E-state index contributed by atoms with van der Waals surface area (Å²) in [5.41, 5.74) is 1.28.